The lowest BCUT2D eigenvalue weighted by Gasteiger charge is -2.27. The number of nitrogens with zero attached hydrogens (tertiary/aromatic N) is 2. The fourth-order valence-corrected chi connectivity index (χ4v) is 3.36. The highest BCUT2D eigenvalue weighted by Gasteiger charge is 2.29. The minimum atomic E-state index is -4.04. The summed E-state index contributed by atoms with van der Waals surface area (Å²) in [7, 11) is -4.04. The first-order valence-electron chi connectivity index (χ1n) is 6.15. The van der Waals surface area contributed by atoms with E-state index in [1.807, 2.05) is 0 Å². The van der Waals surface area contributed by atoms with Crippen LogP contribution in [-0.2, 0) is 10.0 Å². The Morgan fingerprint density at radius 1 is 1.43 bits per heavy atom. The summed E-state index contributed by atoms with van der Waals surface area (Å²) in [4.78, 5) is 9.21. The zero-order valence-electron chi connectivity index (χ0n) is 11.9. The highest BCUT2D eigenvalue weighted by molar-refractivity contribution is 7.89. The molecule has 0 fully saturated rings. The summed E-state index contributed by atoms with van der Waals surface area (Å²) in [6, 6.07) is 2.39. The first kappa shape index (κ1) is 17.5. The van der Waals surface area contributed by atoms with Crippen LogP contribution in [0.5, 0.6) is 0 Å². The Balaban J connectivity index is 3.23. The molecule has 0 aromatic heterocycles. The molecule has 0 spiro atoms. The maximum atomic E-state index is 13.6. The quantitative estimate of drug-likeness (QED) is 0.632. The molecule has 1 rings (SSSR count). The summed E-state index contributed by atoms with van der Waals surface area (Å²) in [5.74, 6) is -1.22. The monoisotopic (exact) mass is 320 g/mol. The van der Waals surface area contributed by atoms with Crippen molar-refractivity contribution in [2.45, 2.75) is 31.3 Å². The summed E-state index contributed by atoms with van der Waals surface area (Å²) >= 11 is 0. The van der Waals surface area contributed by atoms with Gasteiger partial charge in [0, 0.05) is 25.2 Å². The second kappa shape index (κ2) is 6.04. The minimum absolute atomic E-state index is 0.0743. The summed E-state index contributed by atoms with van der Waals surface area (Å²) in [6.45, 7) is 4.36. The van der Waals surface area contributed by atoms with E-state index >= 15 is 0 Å². The molecule has 0 aliphatic rings. The van der Waals surface area contributed by atoms with Crippen LogP contribution >= 0.6 is 0 Å². The fourth-order valence-electron chi connectivity index (χ4n) is 1.74. The Morgan fingerprint density at radius 2 is 2.00 bits per heavy atom. The van der Waals surface area contributed by atoms with E-state index in [1.54, 1.807) is 6.92 Å². The molecule has 0 unspecified atom stereocenters. The molecule has 7 nitrogen and oxygen atoms in total. The van der Waals surface area contributed by atoms with Gasteiger partial charge in [0.1, 0.15) is 0 Å². The first-order valence-corrected chi connectivity index (χ1v) is 7.59. The predicted octanol–water partition coefficient (Wildman–Crippen LogP) is 1.52. The van der Waals surface area contributed by atoms with E-state index in [1.165, 1.54) is 13.8 Å². The van der Waals surface area contributed by atoms with Gasteiger partial charge < -0.3 is 5.11 Å². The minimum Gasteiger partial charge on any atom is -0.389 e. The maximum Gasteiger partial charge on any atom is 0.304 e. The molecule has 21 heavy (non-hydrogen) atoms. The molecule has 1 N–H and O–H groups in total. The van der Waals surface area contributed by atoms with Crippen LogP contribution < -0.4 is 0 Å². The van der Waals surface area contributed by atoms with Gasteiger partial charge in [-0.2, -0.15) is 8.70 Å². The summed E-state index contributed by atoms with van der Waals surface area (Å²) in [5, 5.41) is 20.3. The molecule has 118 valence electrons. The number of sulfonamides is 1. The van der Waals surface area contributed by atoms with Crippen molar-refractivity contribution in [2.24, 2.45) is 0 Å². The Hall–Kier alpha value is -1.58. The number of halogens is 1. The largest absolute Gasteiger partial charge is 0.389 e. The molecule has 1 aromatic carbocycles. The van der Waals surface area contributed by atoms with Crippen molar-refractivity contribution in [1.82, 2.24) is 4.31 Å². The van der Waals surface area contributed by atoms with E-state index in [9.17, 15) is 28.0 Å². The van der Waals surface area contributed by atoms with Gasteiger partial charge in [0.2, 0.25) is 15.8 Å². The number of hydrogen-bond donors (Lipinski definition) is 1. The third-order valence-electron chi connectivity index (χ3n) is 2.67. The van der Waals surface area contributed by atoms with Crippen LogP contribution in [0.25, 0.3) is 0 Å². The number of rotatable bonds is 6. The molecule has 1 aromatic rings. The molecule has 0 amide bonds. The third-order valence-corrected chi connectivity index (χ3v) is 4.59. The number of benzene rings is 1. The lowest BCUT2D eigenvalue weighted by Crippen LogP contribution is -2.42. The molecule has 0 bridgehead atoms. The number of hydrogen-bond acceptors (Lipinski definition) is 5. The maximum absolute atomic E-state index is 13.6. The highest BCUT2D eigenvalue weighted by Crippen LogP contribution is 2.24. The Kier molecular flexibility index (Phi) is 5.03. The van der Waals surface area contributed by atoms with E-state index in [4.69, 9.17) is 0 Å². The standard InChI is InChI=1S/C12H17FN2O5S/c1-4-14(8-12(2,3)16)21(19,20)9-5-6-11(15(17)18)10(13)7-9/h5-7,16H,4,8H2,1-3H3. The Morgan fingerprint density at radius 3 is 2.38 bits per heavy atom. The van der Waals surface area contributed by atoms with Crippen molar-refractivity contribution in [2.75, 3.05) is 13.1 Å². The van der Waals surface area contributed by atoms with Gasteiger partial charge in [-0.1, -0.05) is 6.92 Å². The first-order chi connectivity index (χ1) is 9.49. The van der Waals surface area contributed by atoms with Gasteiger partial charge in [-0.3, -0.25) is 10.1 Å². The summed E-state index contributed by atoms with van der Waals surface area (Å²) in [6.07, 6.45) is 0. The zero-order chi connectivity index (χ0) is 16.4. The van der Waals surface area contributed by atoms with E-state index in [2.05, 4.69) is 0 Å². The lowest BCUT2D eigenvalue weighted by atomic mass is 10.1. The van der Waals surface area contributed by atoms with Crippen LogP contribution in [0.15, 0.2) is 23.1 Å². The summed E-state index contributed by atoms with van der Waals surface area (Å²) in [5.41, 5.74) is -2.05. The van der Waals surface area contributed by atoms with Crippen molar-refractivity contribution < 1.29 is 22.8 Å². The second-order valence-electron chi connectivity index (χ2n) is 5.11. The number of nitro benzene ring substituents is 1. The molecule has 0 atom stereocenters. The zero-order valence-corrected chi connectivity index (χ0v) is 12.7. The van der Waals surface area contributed by atoms with Crippen LogP contribution in [0.2, 0.25) is 0 Å². The van der Waals surface area contributed by atoms with Gasteiger partial charge in [0.05, 0.1) is 15.4 Å². The number of aliphatic hydroxyl groups is 1. The van der Waals surface area contributed by atoms with E-state index < -0.39 is 36.9 Å². The van der Waals surface area contributed by atoms with Crippen LogP contribution in [-0.4, -0.2) is 41.4 Å². The molecule has 0 heterocycles. The number of likely N-dealkylation sites (N-methyl/N-ethyl adjacent to an activating group) is 1. The van der Waals surface area contributed by atoms with Crippen molar-refractivity contribution in [1.29, 1.82) is 0 Å². The van der Waals surface area contributed by atoms with Gasteiger partial charge in [0.15, 0.2) is 0 Å². The second-order valence-corrected chi connectivity index (χ2v) is 7.05. The molecule has 0 radical (unpaired) electrons. The molecular formula is C12H17FN2O5S. The van der Waals surface area contributed by atoms with Gasteiger partial charge in [-0.05, 0) is 19.9 Å². The van der Waals surface area contributed by atoms with Gasteiger partial charge in [-0.15, -0.1) is 0 Å². The Labute approximate surface area is 122 Å². The third kappa shape index (κ3) is 4.19. The lowest BCUT2D eigenvalue weighted by molar-refractivity contribution is -0.387. The Bertz CT molecular complexity index is 640. The van der Waals surface area contributed by atoms with E-state index in [0.717, 1.165) is 16.4 Å². The van der Waals surface area contributed by atoms with Crippen molar-refractivity contribution in [3.8, 4) is 0 Å². The fraction of sp³-hybridized carbons (Fsp3) is 0.500. The summed E-state index contributed by atoms with van der Waals surface area (Å²) < 4.78 is 39.2. The van der Waals surface area contributed by atoms with Crippen molar-refractivity contribution in [3.63, 3.8) is 0 Å². The highest BCUT2D eigenvalue weighted by atomic mass is 32.2. The van der Waals surface area contributed by atoms with Crippen LogP contribution in [0.3, 0.4) is 0 Å². The van der Waals surface area contributed by atoms with Crippen LogP contribution in [0.4, 0.5) is 10.1 Å². The average molecular weight is 320 g/mol. The van der Waals surface area contributed by atoms with E-state index in [-0.39, 0.29) is 13.1 Å². The van der Waals surface area contributed by atoms with Crippen LogP contribution in [0, 0.1) is 15.9 Å². The van der Waals surface area contributed by atoms with Crippen LogP contribution in [0.1, 0.15) is 20.8 Å². The van der Waals surface area contributed by atoms with Gasteiger partial charge >= 0.3 is 5.69 Å². The average Bonchev–Trinajstić information content (AvgIpc) is 2.34. The number of nitro groups is 1. The smallest absolute Gasteiger partial charge is 0.304 e. The molecule has 0 saturated heterocycles. The van der Waals surface area contributed by atoms with Crippen molar-refractivity contribution in [3.05, 3.63) is 34.1 Å². The topological polar surface area (TPSA) is 101 Å². The van der Waals surface area contributed by atoms with Gasteiger partial charge in [0.25, 0.3) is 0 Å². The molecular weight excluding hydrogens is 303 g/mol. The SMILES string of the molecule is CCN(CC(C)(C)O)S(=O)(=O)c1ccc([N+](=O)[O-])c(F)c1. The normalized spacial score (nSPS) is 12.7. The molecule has 9 heteroatoms. The van der Waals surface area contributed by atoms with E-state index in [0.29, 0.717) is 6.07 Å². The molecule has 0 aliphatic heterocycles. The molecule has 0 saturated carbocycles. The molecule has 0 aliphatic carbocycles. The predicted molar refractivity (Wildman–Crippen MR) is 73.8 cm³/mol. The van der Waals surface area contributed by atoms with Gasteiger partial charge in [-0.25, -0.2) is 8.42 Å². The van der Waals surface area contributed by atoms with Crippen molar-refractivity contribution >= 4 is 15.7 Å².